The van der Waals surface area contributed by atoms with E-state index in [1.54, 1.807) is 11.1 Å². The molecule has 0 aromatic heterocycles. The van der Waals surface area contributed by atoms with E-state index in [4.69, 9.17) is 0 Å². The molecule has 2 fully saturated rings. The Morgan fingerprint density at radius 1 is 1.11 bits per heavy atom. The molecular weight excluding hydrogens is 232 g/mol. The molecule has 102 valence electrons. The summed E-state index contributed by atoms with van der Waals surface area (Å²) >= 11 is 0. The van der Waals surface area contributed by atoms with Crippen LogP contribution in [0.15, 0.2) is 18.2 Å². The van der Waals surface area contributed by atoms with E-state index in [-0.39, 0.29) is 0 Å². The molecule has 2 heteroatoms. The Kier molecular flexibility index (Phi) is 3.08. The van der Waals surface area contributed by atoms with Crippen molar-refractivity contribution in [2.45, 2.75) is 44.7 Å². The van der Waals surface area contributed by atoms with Gasteiger partial charge in [-0.3, -0.25) is 4.90 Å². The van der Waals surface area contributed by atoms with Crippen LogP contribution in [0.3, 0.4) is 0 Å². The molecule has 0 radical (unpaired) electrons. The van der Waals surface area contributed by atoms with Gasteiger partial charge in [0.25, 0.3) is 0 Å². The van der Waals surface area contributed by atoms with Gasteiger partial charge in [-0.25, -0.2) is 0 Å². The Balaban J connectivity index is 1.44. The molecule has 2 saturated heterocycles. The van der Waals surface area contributed by atoms with Gasteiger partial charge in [-0.2, -0.15) is 0 Å². The topological polar surface area (TPSA) is 15.3 Å². The number of nitrogens with zero attached hydrogens (tertiary/aromatic N) is 1. The van der Waals surface area contributed by atoms with Crippen molar-refractivity contribution in [2.75, 3.05) is 19.6 Å². The van der Waals surface area contributed by atoms with E-state index in [0.717, 1.165) is 18.5 Å². The van der Waals surface area contributed by atoms with Crippen molar-refractivity contribution in [2.24, 2.45) is 5.92 Å². The number of hydrogen-bond donors (Lipinski definition) is 1. The Morgan fingerprint density at radius 3 is 3.00 bits per heavy atom. The van der Waals surface area contributed by atoms with Crippen molar-refractivity contribution in [3.8, 4) is 0 Å². The number of aryl methyl sites for hydroxylation is 2. The lowest BCUT2D eigenvalue weighted by Crippen LogP contribution is -2.40. The molecule has 1 aliphatic carbocycles. The normalized spacial score (nSPS) is 30.3. The van der Waals surface area contributed by atoms with Gasteiger partial charge in [-0.15, -0.1) is 0 Å². The number of benzene rings is 1. The van der Waals surface area contributed by atoms with Crippen molar-refractivity contribution in [1.29, 1.82) is 0 Å². The Labute approximate surface area is 116 Å². The summed E-state index contributed by atoms with van der Waals surface area (Å²) in [7, 11) is 0. The van der Waals surface area contributed by atoms with E-state index in [1.807, 2.05) is 0 Å². The molecule has 1 N–H and O–H groups in total. The number of hydrogen-bond acceptors (Lipinski definition) is 2. The summed E-state index contributed by atoms with van der Waals surface area (Å²) in [6.07, 6.45) is 6.76. The lowest BCUT2D eigenvalue weighted by atomic mass is 9.94. The Bertz CT molecular complexity index is 454. The zero-order valence-corrected chi connectivity index (χ0v) is 11.7. The molecule has 1 aromatic rings. The first-order chi connectivity index (χ1) is 9.38. The van der Waals surface area contributed by atoms with Crippen LogP contribution >= 0.6 is 0 Å². The van der Waals surface area contributed by atoms with Gasteiger partial charge in [0.15, 0.2) is 0 Å². The SMILES string of the molecule is c1cc2c(cc1CN1CC3CCCNC3C1)CCC2. The fourth-order valence-electron chi connectivity index (χ4n) is 4.25. The molecule has 4 rings (SSSR count). The van der Waals surface area contributed by atoms with Crippen molar-refractivity contribution in [1.82, 2.24) is 10.2 Å². The standard InChI is InChI=1S/C17H24N2/c1-3-14-7-6-13(9-15(14)4-1)10-19-11-16-5-2-8-18-17(16)12-19/h6-7,9,16-18H,1-5,8,10-12H2. The van der Waals surface area contributed by atoms with Crippen molar-refractivity contribution < 1.29 is 0 Å². The van der Waals surface area contributed by atoms with Crippen molar-refractivity contribution >= 4 is 0 Å². The van der Waals surface area contributed by atoms with Crippen molar-refractivity contribution in [3.05, 3.63) is 34.9 Å². The highest BCUT2D eigenvalue weighted by Crippen LogP contribution is 2.27. The van der Waals surface area contributed by atoms with E-state index < -0.39 is 0 Å². The molecule has 0 saturated carbocycles. The Hall–Kier alpha value is -0.860. The summed E-state index contributed by atoms with van der Waals surface area (Å²) in [5.41, 5.74) is 4.74. The maximum Gasteiger partial charge on any atom is 0.0235 e. The predicted molar refractivity (Wildman–Crippen MR) is 78.3 cm³/mol. The summed E-state index contributed by atoms with van der Waals surface area (Å²) in [5, 5.41) is 3.70. The summed E-state index contributed by atoms with van der Waals surface area (Å²) in [4.78, 5) is 2.66. The van der Waals surface area contributed by atoms with Gasteiger partial charge in [0.2, 0.25) is 0 Å². The maximum absolute atomic E-state index is 3.70. The van der Waals surface area contributed by atoms with E-state index in [9.17, 15) is 0 Å². The van der Waals surface area contributed by atoms with Crippen LogP contribution in [0, 0.1) is 5.92 Å². The molecule has 2 heterocycles. The number of fused-ring (bicyclic) bond motifs is 2. The monoisotopic (exact) mass is 256 g/mol. The summed E-state index contributed by atoms with van der Waals surface area (Å²) in [6, 6.07) is 7.97. The van der Waals surface area contributed by atoms with Gasteiger partial charge >= 0.3 is 0 Å². The molecule has 2 aliphatic heterocycles. The highest BCUT2D eigenvalue weighted by molar-refractivity contribution is 5.35. The van der Waals surface area contributed by atoms with Gasteiger partial charge in [-0.1, -0.05) is 18.2 Å². The quantitative estimate of drug-likeness (QED) is 0.874. The van der Waals surface area contributed by atoms with E-state index in [1.165, 1.54) is 57.3 Å². The second-order valence-electron chi connectivity index (χ2n) is 6.61. The third-order valence-corrected chi connectivity index (χ3v) is 5.24. The molecule has 0 amide bonds. The zero-order chi connectivity index (χ0) is 12.7. The maximum atomic E-state index is 3.70. The van der Waals surface area contributed by atoms with Crippen LogP contribution in [0.5, 0.6) is 0 Å². The van der Waals surface area contributed by atoms with Crippen LogP contribution in [0.1, 0.15) is 36.0 Å². The number of piperidine rings is 1. The van der Waals surface area contributed by atoms with Crippen LogP contribution in [-0.4, -0.2) is 30.6 Å². The predicted octanol–water partition coefficient (Wildman–Crippen LogP) is 2.36. The molecular formula is C17H24N2. The summed E-state index contributed by atoms with van der Waals surface area (Å²) < 4.78 is 0. The lowest BCUT2D eigenvalue weighted by Gasteiger charge is -2.24. The molecule has 2 atom stereocenters. The third kappa shape index (κ3) is 2.32. The van der Waals surface area contributed by atoms with Crippen LogP contribution in [0.4, 0.5) is 0 Å². The minimum atomic E-state index is 0.767. The van der Waals surface area contributed by atoms with Crippen LogP contribution in [0.2, 0.25) is 0 Å². The van der Waals surface area contributed by atoms with Gasteiger partial charge in [-0.05, 0) is 61.3 Å². The lowest BCUT2D eigenvalue weighted by molar-refractivity contribution is 0.312. The van der Waals surface area contributed by atoms with Gasteiger partial charge in [0.05, 0.1) is 0 Å². The number of nitrogens with one attached hydrogen (secondary N) is 1. The second-order valence-corrected chi connectivity index (χ2v) is 6.61. The van der Waals surface area contributed by atoms with Crippen LogP contribution in [-0.2, 0) is 19.4 Å². The van der Waals surface area contributed by atoms with E-state index >= 15 is 0 Å². The minimum absolute atomic E-state index is 0.767. The van der Waals surface area contributed by atoms with E-state index in [0.29, 0.717) is 0 Å². The molecule has 1 aromatic carbocycles. The molecule has 0 spiro atoms. The van der Waals surface area contributed by atoms with Crippen molar-refractivity contribution in [3.63, 3.8) is 0 Å². The highest BCUT2D eigenvalue weighted by Gasteiger charge is 2.33. The number of rotatable bonds is 2. The van der Waals surface area contributed by atoms with Gasteiger partial charge in [0.1, 0.15) is 0 Å². The average Bonchev–Trinajstić information content (AvgIpc) is 3.03. The second kappa shape index (κ2) is 4.92. The average molecular weight is 256 g/mol. The Morgan fingerprint density at radius 2 is 2.05 bits per heavy atom. The highest BCUT2D eigenvalue weighted by atomic mass is 15.2. The fraction of sp³-hybridized carbons (Fsp3) is 0.647. The molecule has 0 bridgehead atoms. The summed E-state index contributed by atoms with van der Waals surface area (Å²) in [6.45, 7) is 4.94. The molecule has 3 aliphatic rings. The fourth-order valence-corrected chi connectivity index (χ4v) is 4.25. The van der Waals surface area contributed by atoms with E-state index in [2.05, 4.69) is 28.4 Å². The molecule has 2 unspecified atom stereocenters. The first-order valence-electron chi connectivity index (χ1n) is 7.95. The van der Waals surface area contributed by atoms with Crippen LogP contribution in [0.25, 0.3) is 0 Å². The first kappa shape index (κ1) is 11.9. The largest absolute Gasteiger partial charge is 0.312 e. The van der Waals surface area contributed by atoms with Gasteiger partial charge in [0, 0.05) is 25.7 Å². The minimum Gasteiger partial charge on any atom is -0.312 e. The smallest absolute Gasteiger partial charge is 0.0235 e. The number of likely N-dealkylation sites (tertiary alicyclic amines) is 1. The summed E-state index contributed by atoms with van der Waals surface area (Å²) in [5.74, 6) is 0.906. The van der Waals surface area contributed by atoms with Crippen LogP contribution < -0.4 is 5.32 Å². The zero-order valence-electron chi connectivity index (χ0n) is 11.7. The third-order valence-electron chi connectivity index (χ3n) is 5.24. The first-order valence-corrected chi connectivity index (χ1v) is 7.95. The molecule has 2 nitrogen and oxygen atoms in total. The van der Waals surface area contributed by atoms with Gasteiger partial charge < -0.3 is 5.32 Å². The molecule has 19 heavy (non-hydrogen) atoms.